The van der Waals surface area contributed by atoms with E-state index in [1.807, 2.05) is 0 Å². The number of hydrogen-bond donors (Lipinski definition) is 0. The molecule has 0 N–H and O–H groups in total. The van der Waals surface area contributed by atoms with Crippen LogP contribution >= 0.6 is 0 Å². The topological polar surface area (TPSA) is 0 Å². The SMILES string of the molecule is C/C=C/[C@H](CCCCCC)[Si](C)(C)c1ccccc1. The van der Waals surface area contributed by atoms with Gasteiger partial charge in [0.2, 0.25) is 0 Å². The van der Waals surface area contributed by atoms with Crippen LogP contribution in [-0.4, -0.2) is 8.07 Å². The summed E-state index contributed by atoms with van der Waals surface area (Å²) in [4.78, 5) is 0. The molecule has 1 heteroatoms. The van der Waals surface area contributed by atoms with Gasteiger partial charge in [-0.1, -0.05) is 93.4 Å². The molecule has 0 fully saturated rings. The van der Waals surface area contributed by atoms with Crippen LogP contribution in [-0.2, 0) is 0 Å². The van der Waals surface area contributed by atoms with Gasteiger partial charge in [0.05, 0.1) is 8.07 Å². The van der Waals surface area contributed by atoms with Crippen LogP contribution in [0.15, 0.2) is 42.5 Å². The predicted octanol–water partition coefficient (Wildman–Crippen LogP) is 5.52. The molecule has 0 heterocycles. The van der Waals surface area contributed by atoms with E-state index in [1.54, 1.807) is 5.19 Å². The van der Waals surface area contributed by atoms with E-state index in [4.69, 9.17) is 0 Å². The lowest BCUT2D eigenvalue weighted by atomic mass is 10.1. The molecule has 1 aromatic carbocycles. The molecule has 0 unspecified atom stereocenters. The summed E-state index contributed by atoms with van der Waals surface area (Å²) in [7, 11) is -1.38. The molecule has 19 heavy (non-hydrogen) atoms. The highest BCUT2D eigenvalue weighted by Gasteiger charge is 2.31. The third-order valence-corrected chi connectivity index (χ3v) is 8.39. The average Bonchev–Trinajstić information content (AvgIpc) is 2.43. The van der Waals surface area contributed by atoms with Crippen molar-refractivity contribution in [2.45, 2.75) is 64.6 Å². The lowest BCUT2D eigenvalue weighted by molar-refractivity contribution is 0.632. The highest BCUT2D eigenvalue weighted by molar-refractivity contribution is 6.91. The number of allylic oxidation sites excluding steroid dienone is 2. The van der Waals surface area contributed by atoms with Crippen LogP contribution in [0.5, 0.6) is 0 Å². The second-order valence-corrected chi connectivity index (χ2v) is 10.8. The molecule has 0 nitrogen and oxygen atoms in total. The highest BCUT2D eigenvalue weighted by Crippen LogP contribution is 2.29. The largest absolute Gasteiger partial charge is 0.0917 e. The Morgan fingerprint density at radius 2 is 1.74 bits per heavy atom. The molecule has 0 bridgehead atoms. The van der Waals surface area contributed by atoms with Crippen LogP contribution in [0.2, 0.25) is 18.6 Å². The fraction of sp³-hybridized carbons (Fsp3) is 0.556. The second-order valence-electron chi connectivity index (χ2n) is 6.07. The van der Waals surface area contributed by atoms with Crippen LogP contribution in [0.25, 0.3) is 0 Å². The van der Waals surface area contributed by atoms with E-state index < -0.39 is 8.07 Å². The van der Waals surface area contributed by atoms with E-state index in [0.29, 0.717) is 0 Å². The smallest absolute Gasteiger partial charge is 0.0873 e. The maximum absolute atomic E-state index is 2.52. The zero-order valence-corrected chi connectivity index (χ0v) is 14.2. The Morgan fingerprint density at radius 1 is 1.05 bits per heavy atom. The molecule has 0 aliphatic rings. The van der Waals surface area contributed by atoms with Gasteiger partial charge >= 0.3 is 0 Å². The van der Waals surface area contributed by atoms with Crippen molar-refractivity contribution in [3.63, 3.8) is 0 Å². The van der Waals surface area contributed by atoms with Crippen LogP contribution in [0.4, 0.5) is 0 Å². The first-order chi connectivity index (χ1) is 9.12. The fourth-order valence-corrected chi connectivity index (χ4v) is 5.88. The van der Waals surface area contributed by atoms with E-state index in [-0.39, 0.29) is 0 Å². The fourth-order valence-electron chi connectivity index (χ4n) is 2.80. The summed E-state index contributed by atoms with van der Waals surface area (Å²) < 4.78 is 0. The number of benzene rings is 1. The Labute approximate surface area is 121 Å². The minimum Gasteiger partial charge on any atom is -0.0917 e. The maximum atomic E-state index is 2.52. The molecule has 0 radical (unpaired) electrons. The molecule has 0 spiro atoms. The van der Waals surface area contributed by atoms with Gasteiger partial charge in [0.15, 0.2) is 0 Å². The molecule has 1 aromatic rings. The molecular formula is C18H30Si. The molecule has 0 saturated heterocycles. The number of hydrogen-bond acceptors (Lipinski definition) is 0. The van der Waals surface area contributed by atoms with Crippen molar-refractivity contribution in [3.05, 3.63) is 42.5 Å². The van der Waals surface area contributed by atoms with Crippen LogP contribution in [0, 0.1) is 0 Å². The summed E-state index contributed by atoms with van der Waals surface area (Å²) in [5, 5.41) is 1.59. The lowest BCUT2D eigenvalue weighted by Crippen LogP contribution is -2.45. The van der Waals surface area contributed by atoms with Gasteiger partial charge in [-0.15, -0.1) is 0 Å². The van der Waals surface area contributed by atoms with Gasteiger partial charge < -0.3 is 0 Å². The Kier molecular flexibility index (Phi) is 7.15. The van der Waals surface area contributed by atoms with Crippen LogP contribution in [0.3, 0.4) is 0 Å². The van der Waals surface area contributed by atoms with E-state index >= 15 is 0 Å². The van der Waals surface area contributed by atoms with Crippen LogP contribution in [0.1, 0.15) is 46.0 Å². The molecule has 0 saturated carbocycles. The summed E-state index contributed by atoms with van der Waals surface area (Å²) in [6.07, 6.45) is 11.6. The van der Waals surface area contributed by atoms with Crippen molar-refractivity contribution in [1.29, 1.82) is 0 Å². The highest BCUT2D eigenvalue weighted by atomic mass is 28.3. The Morgan fingerprint density at radius 3 is 2.32 bits per heavy atom. The van der Waals surface area contributed by atoms with Gasteiger partial charge in [-0.3, -0.25) is 0 Å². The Balaban J connectivity index is 2.74. The monoisotopic (exact) mass is 274 g/mol. The first-order valence-electron chi connectivity index (χ1n) is 7.81. The van der Waals surface area contributed by atoms with Crippen molar-refractivity contribution in [2.75, 3.05) is 0 Å². The third kappa shape index (κ3) is 4.98. The predicted molar refractivity (Wildman–Crippen MR) is 90.9 cm³/mol. The van der Waals surface area contributed by atoms with Crippen molar-refractivity contribution < 1.29 is 0 Å². The quantitative estimate of drug-likeness (QED) is 0.333. The summed E-state index contributed by atoms with van der Waals surface area (Å²) in [5.74, 6) is 0. The van der Waals surface area contributed by atoms with E-state index in [9.17, 15) is 0 Å². The van der Waals surface area contributed by atoms with Gasteiger partial charge in [0.1, 0.15) is 0 Å². The summed E-state index contributed by atoms with van der Waals surface area (Å²) >= 11 is 0. The van der Waals surface area contributed by atoms with Gasteiger partial charge in [-0.2, -0.15) is 0 Å². The normalized spacial score (nSPS) is 13.9. The minimum atomic E-state index is -1.38. The molecule has 106 valence electrons. The summed E-state index contributed by atoms with van der Waals surface area (Å²) in [6.45, 7) is 9.49. The van der Waals surface area contributed by atoms with Gasteiger partial charge in [0, 0.05) is 0 Å². The van der Waals surface area contributed by atoms with Crippen molar-refractivity contribution >= 4 is 13.3 Å². The van der Waals surface area contributed by atoms with E-state index in [1.165, 1.54) is 32.1 Å². The first-order valence-corrected chi connectivity index (χ1v) is 10.9. The summed E-state index contributed by atoms with van der Waals surface area (Å²) in [5.41, 5.74) is 0.775. The van der Waals surface area contributed by atoms with Crippen molar-refractivity contribution in [3.8, 4) is 0 Å². The van der Waals surface area contributed by atoms with Gasteiger partial charge in [0.25, 0.3) is 0 Å². The number of unbranched alkanes of at least 4 members (excludes halogenated alkanes) is 3. The van der Waals surface area contributed by atoms with Crippen molar-refractivity contribution in [1.82, 2.24) is 0 Å². The number of rotatable bonds is 8. The van der Waals surface area contributed by atoms with Crippen LogP contribution < -0.4 is 5.19 Å². The molecule has 0 aromatic heterocycles. The molecule has 0 aliphatic heterocycles. The minimum absolute atomic E-state index is 0.775. The average molecular weight is 275 g/mol. The first kappa shape index (κ1) is 16.2. The molecule has 1 atom stereocenters. The molecule has 0 aliphatic carbocycles. The second kappa shape index (κ2) is 8.37. The van der Waals surface area contributed by atoms with Gasteiger partial charge in [-0.05, 0) is 18.9 Å². The zero-order chi connectivity index (χ0) is 14.1. The molecule has 1 rings (SSSR count). The van der Waals surface area contributed by atoms with Gasteiger partial charge in [-0.25, -0.2) is 0 Å². The zero-order valence-electron chi connectivity index (χ0n) is 13.2. The Hall–Kier alpha value is -0.823. The van der Waals surface area contributed by atoms with Crippen molar-refractivity contribution in [2.24, 2.45) is 0 Å². The van der Waals surface area contributed by atoms with E-state index in [2.05, 4.69) is 69.4 Å². The standard InChI is InChI=1S/C18H30Si/c1-5-7-8-10-14-17(13-6-2)19(3,4)18-15-11-9-12-16-18/h6,9,11-13,15-17H,5,7-8,10,14H2,1-4H3/b13-6+/t17-/m1/s1. The third-order valence-electron chi connectivity index (χ3n) is 4.24. The summed E-state index contributed by atoms with van der Waals surface area (Å²) in [6, 6.07) is 11.2. The lowest BCUT2D eigenvalue weighted by Gasteiger charge is -2.31. The van der Waals surface area contributed by atoms with E-state index in [0.717, 1.165) is 5.54 Å². The molecule has 0 amide bonds. The maximum Gasteiger partial charge on any atom is 0.0873 e. The molecular weight excluding hydrogens is 244 g/mol. The Bertz CT molecular complexity index is 365.